The number of rotatable bonds is 5. The zero-order valence-electron chi connectivity index (χ0n) is 11.6. The number of benzene rings is 2. The second-order valence-corrected chi connectivity index (χ2v) is 4.65. The summed E-state index contributed by atoms with van der Waals surface area (Å²) in [5.74, 6) is 0.410. The van der Waals surface area contributed by atoms with Gasteiger partial charge in [0, 0.05) is 23.2 Å². The molecule has 22 heavy (non-hydrogen) atoms. The zero-order chi connectivity index (χ0) is 16.1. The van der Waals surface area contributed by atoms with Gasteiger partial charge in [-0.25, -0.2) is 0 Å². The molecule has 2 aromatic rings. The van der Waals surface area contributed by atoms with E-state index in [0.717, 1.165) is 0 Å². The van der Waals surface area contributed by atoms with E-state index in [-0.39, 0.29) is 12.3 Å². The van der Waals surface area contributed by atoms with Crippen LogP contribution in [-0.4, -0.2) is 17.1 Å². The van der Waals surface area contributed by atoms with E-state index in [1.165, 1.54) is 37.4 Å². The van der Waals surface area contributed by atoms with Crippen molar-refractivity contribution in [2.75, 3.05) is 7.11 Å². The topological polar surface area (TPSA) is 97.3 Å². The van der Waals surface area contributed by atoms with Gasteiger partial charge in [-0.15, -0.1) is 5.11 Å². The summed E-state index contributed by atoms with van der Waals surface area (Å²) in [6, 6.07) is 8.75. The van der Waals surface area contributed by atoms with Crippen molar-refractivity contribution in [1.82, 2.24) is 0 Å². The van der Waals surface area contributed by atoms with Crippen molar-refractivity contribution in [2.45, 2.75) is 6.61 Å². The summed E-state index contributed by atoms with van der Waals surface area (Å²) >= 11 is 5.97. The van der Waals surface area contributed by atoms with E-state index in [0.29, 0.717) is 27.7 Å². The molecular weight excluding hydrogens is 310 g/mol. The normalized spacial score (nSPS) is 10.9. The van der Waals surface area contributed by atoms with Crippen molar-refractivity contribution in [2.24, 2.45) is 10.2 Å². The molecule has 0 saturated carbocycles. The van der Waals surface area contributed by atoms with Gasteiger partial charge < -0.3 is 9.84 Å². The fourth-order valence-corrected chi connectivity index (χ4v) is 1.92. The highest BCUT2D eigenvalue weighted by atomic mass is 35.5. The number of nitro benzene ring substituents is 1. The molecule has 114 valence electrons. The average Bonchev–Trinajstić information content (AvgIpc) is 2.53. The largest absolute Gasteiger partial charge is 0.494 e. The molecule has 0 unspecified atom stereocenters. The molecule has 0 spiro atoms. The lowest BCUT2D eigenvalue weighted by Gasteiger charge is -2.07. The van der Waals surface area contributed by atoms with Gasteiger partial charge in [-0.2, -0.15) is 5.11 Å². The van der Waals surface area contributed by atoms with Crippen LogP contribution in [0.15, 0.2) is 46.6 Å². The maximum Gasteiger partial charge on any atom is 0.269 e. The molecule has 0 heterocycles. The number of aliphatic hydroxyl groups is 1. The molecule has 0 fully saturated rings. The molecule has 0 radical (unpaired) electrons. The maximum atomic E-state index is 10.6. The zero-order valence-corrected chi connectivity index (χ0v) is 12.3. The molecular formula is C14H12ClN3O4. The number of non-ortho nitro benzene ring substituents is 1. The van der Waals surface area contributed by atoms with Gasteiger partial charge in [0.2, 0.25) is 0 Å². The number of nitrogens with zero attached hydrogens (tertiary/aromatic N) is 3. The van der Waals surface area contributed by atoms with E-state index in [4.69, 9.17) is 16.3 Å². The molecule has 2 rings (SSSR count). The predicted octanol–water partition coefficient (Wildman–Crippen LogP) is 4.16. The molecule has 0 amide bonds. The monoisotopic (exact) mass is 321 g/mol. The Balaban J connectivity index is 2.30. The third kappa shape index (κ3) is 3.57. The number of halogens is 1. The Morgan fingerprint density at radius 1 is 1.27 bits per heavy atom. The van der Waals surface area contributed by atoms with E-state index >= 15 is 0 Å². The van der Waals surface area contributed by atoms with Crippen molar-refractivity contribution in [3.05, 3.63) is 57.1 Å². The number of nitro groups is 1. The molecule has 8 heteroatoms. The first kappa shape index (κ1) is 15.9. The minimum Gasteiger partial charge on any atom is -0.494 e. The molecule has 2 aromatic carbocycles. The highest BCUT2D eigenvalue weighted by Gasteiger charge is 2.09. The van der Waals surface area contributed by atoms with E-state index in [9.17, 15) is 15.2 Å². The van der Waals surface area contributed by atoms with Crippen LogP contribution < -0.4 is 4.74 Å². The van der Waals surface area contributed by atoms with Crippen molar-refractivity contribution >= 4 is 28.7 Å². The van der Waals surface area contributed by atoms with Crippen LogP contribution in [0.2, 0.25) is 5.02 Å². The summed E-state index contributed by atoms with van der Waals surface area (Å²) in [6.45, 7) is -0.233. The van der Waals surface area contributed by atoms with Gasteiger partial charge in [0.15, 0.2) is 0 Å². The number of hydrogen-bond acceptors (Lipinski definition) is 6. The van der Waals surface area contributed by atoms with Crippen molar-refractivity contribution in [3.8, 4) is 5.75 Å². The first-order chi connectivity index (χ1) is 10.5. The molecule has 0 saturated heterocycles. The Morgan fingerprint density at radius 2 is 1.95 bits per heavy atom. The number of ether oxygens (including phenoxy) is 1. The summed E-state index contributed by atoms with van der Waals surface area (Å²) in [4.78, 5) is 10.1. The third-order valence-electron chi connectivity index (χ3n) is 2.85. The smallest absolute Gasteiger partial charge is 0.269 e. The Hall–Kier alpha value is -2.51. The van der Waals surface area contributed by atoms with Crippen LogP contribution in [0, 0.1) is 10.1 Å². The number of methoxy groups -OCH3 is 1. The molecule has 1 N–H and O–H groups in total. The molecule has 0 aliphatic heterocycles. The Morgan fingerprint density at radius 3 is 2.50 bits per heavy atom. The first-order valence-electron chi connectivity index (χ1n) is 6.18. The quantitative estimate of drug-likeness (QED) is 0.507. The van der Waals surface area contributed by atoms with Crippen LogP contribution in [0.1, 0.15) is 5.56 Å². The van der Waals surface area contributed by atoms with Crippen LogP contribution >= 0.6 is 11.6 Å². The van der Waals surface area contributed by atoms with Gasteiger partial charge in [-0.3, -0.25) is 10.1 Å². The summed E-state index contributed by atoms with van der Waals surface area (Å²) < 4.78 is 5.16. The van der Waals surface area contributed by atoms with Crippen molar-refractivity contribution < 1.29 is 14.8 Å². The standard InChI is InChI=1S/C14H12ClN3O4/c1-22-14-7-12(15)9(8-19)6-13(14)17-16-10-2-4-11(5-3-10)18(20)21/h2-7,19H,8H2,1H3/b17-16+. The van der Waals surface area contributed by atoms with Crippen molar-refractivity contribution in [3.63, 3.8) is 0 Å². The van der Waals surface area contributed by atoms with E-state index in [1.54, 1.807) is 6.07 Å². The van der Waals surface area contributed by atoms with Crippen LogP contribution in [0.25, 0.3) is 0 Å². The van der Waals surface area contributed by atoms with E-state index in [2.05, 4.69) is 10.2 Å². The molecule has 7 nitrogen and oxygen atoms in total. The highest BCUT2D eigenvalue weighted by molar-refractivity contribution is 6.31. The third-order valence-corrected chi connectivity index (χ3v) is 3.20. The lowest BCUT2D eigenvalue weighted by molar-refractivity contribution is -0.384. The van der Waals surface area contributed by atoms with Gasteiger partial charge in [0.05, 0.1) is 24.3 Å². The Labute approximate surface area is 131 Å². The minimum atomic E-state index is -0.489. The van der Waals surface area contributed by atoms with Gasteiger partial charge >= 0.3 is 0 Å². The van der Waals surface area contributed by atoms with Crippen LogP contribution in [-0.2, 0) is 6.61 Å². The first-order valence-corrected chi connectivity index (χ1v) is 6.56. The van der Waals surface area contributed by atoms with Crippen molar-refractivity contribution in [1.29, 1.82) is 0 Å². The van der Waals surface area contributed by atoms with Gasteiger partial charge in [0.1, 0.15) is 11.4 Å². The van der Waals surface area contributed by atoms with Gasteiger partial charge in [-0.1, -0.05) is 11.6 Å². The van der Waals surface area contributed by atoms with E-state index < -0.39 is 4.92 Å². The number of aliphatic hydroxyl groups excluding tert-OH is 1. The summed E-state index contributed by atoms with van der Waals surface area (Å²) in [5, 5.41) is 28.2. The van der Waals surface area contributed by atoms with Crippen LogP contribution in [0.5, 0.6) is 5.75 Å². The van der Waals surface area contributed by atoms with Gasteiger partial charge in [0.25, 0.3) is 5.69 Å². The molecule has 0 atom stereocenters. The SMILES string of the molecule is COc1cc(Cl)c(CO)cc1/N=N/c1ccc([N+](=O)[O-])cc1. The lowest BCUT2D eigenvalue weighted by atomic mass is 10.2. The summed E-state index contributed by atoms with van der Waals surface area (Å²) in [5.41, 5.74) is 1.33. The average molecular weight is 322 g/mol. The highest BCUT2D eigenvalue weighted by Crippen LogP contribution is 2.34. The minimum absolute atomic E-state index is 0.0226. The molecule has 0 bridgehead atoms. The number of azo groups is 1. The van der Waals surface area contributed by atoms with Crippen LogP contribution in [0.3, 0.4) is 0 Å². The predicted molar refractivity (Wildman–Crippen MR) is 81.2 cm³/mol. The molecule has 0 aliphatic carbocycles. The van der Waals surface area contributed by atoms with Gasteiger partial charge in [-0.05, 0) is 23.8 Å². The second kappa shape index (κ2) is 6.97. The summed E-state index contributed by atoms with van der Waals surface area (Å²) in [6.07, 6.45) is 0. The Bertz CT molecular complexity index is 717. The fourth-order valence-electron chi connectivity index (χ4n) is 1.70. The van der Waals surface area contributed by atoms with Crippen LogP contribution in [0.4, 0.5) is 17.1 Å². The fraction of sp³-hybridized carbons (Fsp3) is 0.143. The number of hydrogen-bond donors (Lipinski definition) is 1. The molecule has 0 aromatic heterocycles. The molecule has 0 aliphatic rings. The maximum absolute atomic E-state index is 10.6. The Kier molecular flexibility index (Phi) is 5.03. The lowest BCUT2D eigenvalue weighted by Crippen LogP contribution is -1.89. The summed E-state index contributed by atoms with van der Waals surface area (Å²) in [7, 11) is 1.47. The second-order valence-electron chi connectivity index (χ2n) is 4.25. The van der Waals surface area contributed by atoms with E-state index in [1.807, 2.05) is 0 Å².